The number of hydrogen-bond donors (Lipinski definition) is 4. The molecule has 1 aromatic heterocycles. The predicted octanol–water partition coefficient (Wildman–Crippen LogP) is 1.12. The number of carboxylic acids is 1. The van der Waals surface area contributed by atoms with E-state index in [1.165, 1.54) is 4.57 Å². The molecule has 3 saturated heterocycles. The van der Waals surface area contributed by atoms with Crippen LogP contribution in [0.25, 0.3) is 11.0 Å². The SMILES string of the molecule is C[C@H]1CN(C(=O)C[C@H]2CC[C@H](Cc3ccc4c(c3)n(C)c(=O)n4C3CCC(=O)NC3=O)CC2)CC[C@H]2CC[C@@H](C(=O)N[C@@H](CCC(N)=O)C(=O)O)N2C1=O. The first-order chi connectivity index (χ1) is 25.7. The number of primary amides is 1. The first-order valence-corrected chi connectivity index (χ1v) is 19.2. The highest BCUT2D eigenvalue weighted by Gasteiger charge is 2.44. The van der Waals surface area contributed by atoms with E-state index < -0.39 is 47.7 Å². The maximum atomic E-state index is 13.7. The molecule has 0 bridgehead atoms. The number of amides is 6. The number of aliphatic carboxylic acids is 1. The Labute approximate surface area is 312 Å². The van der Waals surface area contributed by atoms with Gasteiger partial charge in [0.2, 0.25) is 35.4 Å². The summed E-state index contributed by atoms with van der Waals surface area (Å²) < 4.78 is 3.04. The summed E-state index contributed by atoms with van der Waals surface area (Å²) in [4.78, 5) is 104. The Kier molecular flexibility index (Phi) is 11.6. The van der Waals surface area contributed by atoms with Gasteiger partial charge in [0.1, 0.15) is 18.1 Å². The van der Waals surface area contributed by atoms with Crippen LogP contribution in [0, 0.1) is 17.8 Å². The third-order valence-electron chi connectivity index (χ3n) is 12.0. The minimum atomic E-state index is -1.29. The van der Waals surface area contributed by atoms with Crippen molar-refractivity contribution in [2.24, 2.45) is 30.5 Å². The molecule has 3 aliphatic heterocycles. The molecule has 1 unspecified atom stereocenters. The Morgan fingerprint density at radius 3 is 2.37 bits per heavy atom. The maximum Gasteiger partial charge on any atom is 0.329 e. The molecular weight excluding hydrogens is 698 g/mol. The van der Waals surface area contributed by atoms with Gasteiger partial charge in [-0.15, -0.1) is 0 Å². The number of carboxylic acid groups (broad SMARTS) is 1. The topological polar surface area (TPSA) is 223 Å². The van der Waals surface area contributed by atoms with Crippen molar-refractivity contribution in [2.75, 3.05) is 13.1 Å². The summed E-state index contributed by atoms with van der Waals surface area (Å²) in [6, 6.07) is 2.83. The largest absolute Gasteiger partial charge is 0.480 e. The lowest BCUT2D eigenvalue weighted by Crippen LogP contribution is -2.56. The average Bonchev–Trinajstić information content (AvgIpc) is 3.65. The number of aromatic nitrogens is 2. The monoisotopic (exact) mass is 749 g/mol. The molecule has 4 fully saturated rings. The highest BCUT2D eigenvalue weighted by Crippen LogP contribution is 2.35. The zero-order chi connectivity index (χ0) is 38.8. The molecule has 1 saturated carbocycles. The van der Waals surface area contributed by atoms with Gasteiger partial charge in [-0.1, -0.05) is 13.0 Å². The predicted molar refractivity (Wildman–Crippen MR) is 194 cm³/mol. The minimum absolute atomic E-state index is 0.0319. The molecule has 5 N–H and O–H groups in total. The summed E-state index contributed by atoms with van der Waals surface area (Å²) in [7, 11) is 1.69. The molecule has 0 spiro atoms. The number of fused-ring (bicyclic) bond motifs is 2. The Hall–Kier alpha value is -5.02. The molecule has 6 amide bonds. The number of nitrogens with two attached hydrogens (primary N) is 1. The molecule has 54 heavy (non-hydrogen) atoms. The summed E-state index contributed by atoms with van der Waals surface area (Å²) in [5.74, 6) is -3.36. The van der Waals surface area contributed by atoms with Crippen molar-refractivity contribution in [1.82, 2.24) is 29.6 Å². The lowest BCUT2D eigenvalue weighted by molar-refractivity contribution is -0.148. The van der Waals surface area contributed by atoms with Gasteiger partial charge < -0.3 is 26.0 Å². The number of rotatable bonds is 11. The van der Waals surface area contributed by atoms with Crippen molar-refractivity contribution in [3.05, 3.63) is 34.2 Å². The molecule has 16 heteroatoms. The Morgan fingerprint density at radius 1 is 0.963 bits per heavy atom. The van der Waals surface area contributed by atoms with E-state index in [9.17, 15) is 43.5 Å². The van der Waals surface area contributed by atoms with E-state index in [1.807, 2.05) is 18.2 Å². The lowest BCUT2D eigenvalue weighted by Gasteiger charge is -2.38. The molecule has 1 aromatic carbocycles. The number of hydrogen-bond acceptors (Lipinski definition) is 8. The zero-order valence-corrected chi connectivity index (χ0v) is 31.0. The summed E-state index contributed by atoms with van der Waals surface area (Å²) in [6.07, 6.45) is 6.62. The van der Waals surface area contributed by atoms with Gasteiger partial charge in [0.15, 0.2) is 0 Å². The molecular formula is C38H51N7O9. The number of carbonyl (C=O) groups is 7. The van der Waals surface area contributed by atoms with Gasteiger partial charge in [-0.3, -0.25) is 43.2 Å². The first-order valence-electron chi connectivity index (χ1n) is 19.2. The number of nitrogens with one attached hydrogen (secondary N) is 2. The molecule has 4 heterocycles. The number of nitrogens with zero attached hydrogens (tertiary/aromatic N) is 4. The van der Waals surface area contributed by atoms with E-state index in [0.717, 1.165) is 43.2 Å². The van der Waals surface area contributed by atoms with Crippen LogP contribution in [0.4, 0.5) is 0 Å². The van der Waals surface area contributed by atoms with Crippen molar-refractivity contribution in [3.8, 4) is 0 Å². The van der Waals surface area contributed by atoms with Crippen molar-refractivity contribution >= 4 is 52.4 Å². The van der Waals surface area contributed by atoms with Gasteiger partial charge in [0.25, 0.3) is 0 Å². The van der Waals surface area contributed by atoms with Crippen LogP contribution in [0.3, 0.4) is 0 Å². The van der Waals surface area contributed by atoms with Crippen molar-refractivity contribution < 1.29 is 38.7 Å². The van der Waals surface area contributed by atoms with Crippen LogP contribution < -0.4 is 22.1 Å². The molecule has 292 valence electrons. The van der Waals surface area contributed by atoms with Gasteiger partial charge in [0, 0.05) is 45.4 Å². The fourth-order valence-corrected chi connectivity index (χ4v) is 8.97. The number of piperidine rings is 1. The fourth-order valence-electron chi connectivity index (χ4n) is 8.97. The number of imide groups is 1. The second-order valence-corrected chi connectivity index (χ2v) is 15.7. The van der Waals surface area contributed by atoms with Gasteiger partial charge in [-0.25, -0.2) is 9.59 Å². The van der Waals surface area contributed by atoms with E-state index in [4.69, 9.17) is 5.73 Å². The van der Waals surface area contributed by atoms with Crippen LogP contribution in [-0.4, -0.2) is 96.7 Å². The molecule has 0 radical (unpaired) electrons. The smallest absolute Gasteiger partial charge is 0.329 e. The fraction of sp³-hybridized carbons (Fsp3) is 0.632. The third kappa shape index (κ3) is 8.21. The number of carbonyl (C=O) groups excluding carboxylic acids is 6. The quantitative estimate of drug-likeness (QED) is 0.241. The van der Waals surface area contributed by atoms with Crippen LogP contribution >= 0.6 is 0 Å². The van der Waals surface area contributed by atoms with E-state index >= 15 is 0 Å². The summed E-state index contributed by atoms with van der Waals surface area (Å²) in [6.45, 7) is 2.47. The maximum absolute atomic E-state index is 13.7. The normalized spacial score (nSPS) is 26.8. The molecule has 5 atom stereocenters. The number of imidazole rings is 1. The van der Waals surface area contributed by atoms with Crippen molar-refractivity contribution in [2.45, 2.75) is 115 Å². The second kappa shape index (κ2) is 16.1. The molecule has 1 aliphatic carbocycles. The molecule has 6 rings (SSSR count). The van der Waals surface area contributed by atoms with Crippen LogP contribution in [0.1, 0.15) is 95.6 Å². The lowest BCUT2D eigenvalue weighted by atomic mass is 9.78. The second-order valence-electron chi connectivity index (χ2n) is 15.7. The average molecular weight is 750 g/mol. The van der Waals surface area contributed by atoms with E-state index in [-0.39, 0.29) is 67.6 Å². The van der Waals surface area contributed by atoms with Crippen LogP contribution in [0.5, 0.6) is 0 Å². The molecule has 16 nitrogen and oxygen atoms in total. The number of aryl methyl sites for hydroxylation is 1. The third-order valence-corrected chi connectivity index (χ3v) is 12.0. The first kappa shape index (κ1) is 38.7. The standard InChI is InChI=1S/C38H51N7O9/c1-21-20-43(16-15-25-8-11-28(44(25)36(21)51)34(49)40-26(37(52)53)9-13-31(39)46)33(48)19-23-5-3-22(4-6-23)17-24-7-10-27-30(18-24)42(2)38(54)45(27)29-12-14-32(47)41-35(29)50/h7,10,18,21-23,25-26,28-29H,3-6,8-9,11-17,19-20H2,1-2H3,(H2,39,46)(H,40,49)(H,52,53)(H,41,47,50)/t21-,22-,23-,25+,26-,28-,29?/m0/s1. The van der Waals surface area contributed by atoms with E-state index in [0.29, 0.717) is 43.7 Å². The van der Waals surface area contributed by atoms with Crippen LogP contribution in [-0.2, 0) is 47.0 Å². The molecule has 2 aromatic rings. The van der Waals surface area contributed by atoms with E-state index in [1.54, 1.807) is 28.3 Å². The summed E-state index contributed by atoms with van der Waals surface area (Å²) in [5, 5.41) is 14.4. The van der Waals surface area contributed by atoms with Crippen molar-refractivity contribution in [3.63, 3.8) is 0 Å². The zero-order valence-electron chi connectivity index (χ0n) is 31.0. The van der Waals surface area contributed by atoms with Gasteiger partial charge in [0.05, 0.1) is 17.0 Å². The highest BCUT2D eigenvalue weighted by molar-refractivity contribution is 6.00. The van der Waals surface area contributed by atoms with Gasteiger partial charge in [-0.05, 0) is 93.7 Å². The highest BCUT2D eigenvalue weighted by atomic mass is 16.4. The number of benzene rings is 1. The Morgan fingerprint density at radius 2 is 1.69 bits per heavy atom. The molecule has 4 aliphatic rings. The van der Waals surface area contributed by atoms with Crippen molar-refractivity contribution in [1.29, 1.82) is 0 Å². The Balaban J connectivity index is 1.01. The van der Waals surface area contributed by atoms with Gasteiger partial charge >= 0.3 is 11.7 Å². The summed E-state index contributed by atoms with van der Waals surface area (Å²) in [5.41, 5.74) is 7.37. The van der Waals surface area contributed by atoms with Crippen LogP contribution in [0.15, 0.2) is 23.0 Å². The Bertz CT molecular complexity index is 1890. The minimum Gasteiger partial charge on any atom is -0.480 e. The van der Waals surface area contributed by atoms with Crippen LogP contribution in [0.2, 0.25) is 0 Å². The van der Waals surface area contributed by atoms with E-state index in [2.05, 4.69) is 10.6 Å². The van der Waals surface area contributed by atoms with Gasteiger partial charge in [-0.2, -0.15) is 0 Å². The summed E-state index contributed by atoms with van der Waals surface area (Å²) >= 11 is 0.